The monoisotopic (exact) mass is 419 g/mol. The Kier molecular flexibility index (Phi) is 6.43. The van der Waals surface area contributed by atoms with Crippen molar-refractivity contribution in [2.45, 2.75) is 32.9 Å². The fourth-order valence-corrected chi connectivity index (χ4v) is 3.27. The lowest BCUT2D eigenvalue weighted by molar-refractivity contribution is -0.150. The Balaban J connectivity index is 1.67. The van der Waals surface area contributed by atoms with E-state index in [0.717, 1.165) is 0 Å². The molecule has 1 unspecified atom stereocenters. The van der Waals surface area contributed by atoms with E-state index in [9.17, 15) is 9.59 Å². The minimum atomic E-state index is -0.489. The molecule has 0 aliphatic carbocycles. The molecule has 1 aromatic heterocycles. The van der Waals surface area contributed by atoms with Gasteiger partial charge in [-0.1, -0.05) is 0 Å². The van der Waals surface area contributed by atoms with Gasteiger partial charge in [-0.15, -0.1) is 10.2 Å². The number of benzene rings is 1. The summed E-state index contributed by atoms with van der Waals surface area (Å²) in [5.41, 5.74) is 0.559. The molecule has 0 bridgehead atoms. The number of carbonyl (C=O) groups excluding carboxylic acids is 2. The number of likely N-dealkylation sites (tertiary alicyclic amines) is 1. The second kappa shape index (κ2) is 9.02. The second-order valence-corrected chi connectivity index (χ2v) is 7.06. The first kappa shape index (κ1) is 21.4. The highest BCUT2D eigenvalue weighted by molar-refractivity contribution is 5.87. The molecule has 2 heterocycles. The highest BCUT2D eigenvalue weighted by atomic mass is 16.5. The maximum Gasteiger partial charge on any atom is 0.311 e. The first-order valence-corrected chi connectivity index (χ1v) is 9.46. The van der Waals surface area contributed by atoms with Crippen LogP contribution in [0.4, 0.5) is 0 Å². The zero-order valence-corrected chi connectivity index (χ0v) is 17.6. The molecule has 1 amide bonds. The Hall–Kier alpha value is -3.30. The van der Waals surface area contributed by atoms with Gasteiger partial charge in [-0.25, -0.2) is 0 Å². The molecular weight excluding hydrogens is 394 g/mol. The van der Waals surface area contributed by atoms with Crippen LogP contribution in [0.2, 0.25) is 0 Å². The Morgan fingerprint density at radius 1 is 1.17 bits per heavy atom. The number of nitrogens with zero attached hydrogens (tertiary/aromatic N) is 3. The van der Waals surface area contributed by atoms with Gasteiger partial charge in [-0.3, -0.25) is 9.59 Å². The minimum absolute atomic E-state index is 0.0468. The molecule has 1 fully saturated rings. The lowest BCUT2D eigenvalue weighted by atomic mass is 10.1. The fraction of sp³-hybridized carbons (Fsp3) is 0.500. The molecule has 2 aromatic rings. The molecule has 0 saturated carbocycles. The summed E-state index contributed by atoms with van der Waals surface area (Å²) in [4.78, 5) is 25.9. The molecule has 30 heavy (non-hydrogen) atoms. The molecule has 1 saturated heterocycles. The lowest BCUT2D eigenvalue weighted by Crippen LogP contribution is -2.33. The average molecular weight is 419 g/mol. The van der Waals surface area contributed by atoms with Gasteiger partial charge in [-0.05, 0) is 26.0 Å². The average Bonchev–Trinajstić information content (AvgIpc) is 3.37. The van der Waals surface area contributed by atoms with Gasteiger partial charge in [0, 0.05) is 24.6 Å². The number of carbonyl (C=O) groups is 2. The van der Waals surface area contributed by atoms with E-state index in [1.54, 1.807) is 17.0 Å². The first-order chi connectivity index (χ1) is 14.4. The van der Waals surface area contributed by atoms with Gasteiger partial charge in [0.25, 0.3) is 5.89 Å². The summed E-state index contributed by atoms with van der Waals surface area (Å²) in [6, 6.07) is 3.40. The van der Waals surface area contributed by atoms with E-state index in [1.807, 2.05) is 13.8 Å². The van der Waals surface area contributed by atoms with Crippen LogP contribution in [0.1, 0.15) is 26.2 Å². The van der Waals surface area contributed by atoms with Crippen molar-refractivity contribution in [2.75, 3.05) is 27.9 Å². The van der Waals surface area contributed by atoms with Crippen LogP contribution >= 0.6 is 0 Å². The van der Waals surface area contributed by atoms with Crippen molar-refractivity contribution in [1.82, 2.24) is 15.1 Å². The topological polar surface area (TPSA) is 113 Å². The lowest BCUT2D eigenvalue weighted by Gasteiger charge is -2.20. The zero-order valence-electron chi connectivity index (χ0n) is 17.6. The summed E-state index contributed by atoms with van der Waals surface area (Å²) < 4.78 is 26.8. The molecule has 10 nitrogen and oxygen atoms in total. The summed E-state index contributed by atoms with van der Waals surface area (Å²) in [5, 5.41) is 7.91. The van der Waals surface area contributed by atoms with Crippen LogP contribution in [0.5, 0.6) is 17.2 Å². The molecule has 1 aromatic carbocycles. The molecular formula is C20H25N3O7. The maximum atomic E-state index is 12.3. The second-order valence-electron chi connectivity index (χ2n) is 7.06. The highest BCUT2D eigenvalue weighted by Crippen LogP contribution is 2.40. The van der Waals surface area contributed by atoms with E-state index in [2.05, 4.69) is 10.2 Å². The third-order valence-corrected chi connectivity index (χ3v) is 4.83. The number of methoxy groups -OCH3 is 3. The summed E-state index contributed by atoms with van der Waals surface area (Å²) in [6.45, 7) is 4.00. The van der Waals surface area contributed by atoms with E-state index in [1.165, 1.54) is 21.3 Å². The van der Waals surface area contributed by atoms with Crippen molar-refractivity contribution in [3.8, 4) is 28.7 Å². The number of rotatable bonds is 8. The van der Waals surface area contributed by atoms with E-state index < -0.39 is 11.9 Å². The highest BCUT2D eigenvalue weighted by Gasteiger charge is 2.36. The quantitative estimate of drug-likeness (QED) is 0.593. The van der Waals surface area contributed by atoms with Crippen molar-refractivity contribution < 1.29 is 33.0 Å². The van der Waals surface area contributed by atoms with Crippen LogP contribution in [0.25, 0.3) is 11.5 Å². The third kappa shape index (κ3) is 4.32. The van der Waals surface area contributed by atoms with Gasteiger partial charge in [0.05, 0.1) is 27.2 Å². The van der Waals surface area contributed by atoms with Gasteiger partial charge < -0.3 is 28.3 Å². The van der Waals surface area contributed by atoms with E-state index >= 15 is 0 Å². The Morgan fingerprint density at radius 3 is 2.37 bits per heavy atom. The van der Waals surface area contributed by atoms with Crippen LogP contribution < -0.4 is 14.2 Å². The van der Waals surface area contributed by atoms with E-state index in [-0.39, 0.29) is 36.8 Å². The Labute approximate surface area is 174 Å². The standard InChI is InChI=1S/C20H25N3O7/c1-11(2)23-9-13(8-17(23)24)20(25)29-10-16-21-22-19(30-16)12-6-14(26-3)18(28-5)15(7-12)27-4/h6-7,11,13H,8-10H2,1-5H3. The molecule has 0 radical (unpaired) electrons. The largest absolute Gasteiger partial charge is 0.493 e. The molecule has 0 spiro atoms. The molecule has 0 N–H and O–H groups in total. The molecule has 1 aliphatic rings. The van der Waals surface area contributed by atoms with E-state index in [0.29, 0.717) is 29.4 Å². The van der Waals surface area contributed by atoms with Crippen LogP contribution in [-0.4, -0.2) is 60.9 Å². The maximum absolute atomic E-state index is 12.3. The first-order valence-electron chi connectivity index (χ1n) is 9.46. The molecule has 10 heteroatoms. The zero-order chi connectivity index (χ0) is 21.8. The van der Waals surface area contributed by atoms with Crippen molar-refractivity contribution >= 4 is 11.9 Å². The van der Waals surface area contributed by atoms with Gasteiger partial charge in [0.1, 0.15) is 0 Å². The smallest absolute Gasteiger partial charge is 0.311 e. The van der Waals surface area contributed by atoms with Gasteiger partial charge in [-0.2, -0.15) is 0 Å². The number of aromatic nitrogens is 2. The van der Waals surface area contributed by atoms with E-state index in [4.69, 9.17) is 23.4 Å². The number of ether oxygens (including phenoxy) is 4. The van der Waals surface area contributed by atoms with Crippen LogP contribution in [0, 0.1) is 5.92 Å². The molecule has 162 valence electrons. The Bertz CT molecular complexity index is 900. The molecule has 1 atom stereocenters. The van der Waals surface area contributed by atoms with Crippen LogP contribution in [0.15, 0.2) is 16.5 Å². The Morgan fingerprint density at radius 2 is 1.83 bits per heavy atom. The van der Waals surface area contributed by atoms with Gasteiger partial charge >= 0.3 is 5.97 Å². The predicted octanol–water partition coefficient (Wildman–Crippen LogP) is 2.06. The van der Waals surface area contributed by atoms with Crippen LogP contribution in [0.3, 0.4) is 0 Å². The molecule has 1 aliphatic heterocycles. The number of hydrogen-bond donors (Lipinski definition) is 0. The van der Waals surface area contributed by atoms with Crippen molar-refractivity contribution in [3.05, 3.63) is 18.0 Å². The van der Waals surface area contributed by atoms with Crippen molar-refractivity contribution in [3.63, 3.8) is 0 Å². The number of hydrogen-bond acceptors (Lipinski definition) is 9. The van der Waals surface area contributed by atoms with Crippen molar-refractivity contribution in [2.24, 2.45) is 5.92 Å². The van der Waals surface area contributed by atoms with Gasteiger partial charge in [0.2, 0.25) is 17.5 Å². The third-order valence-electron chi connectivity index (χ3n) is 4.83. The summed E-state index contributed by atoms with van der Waals surface area (Å²) >= 11 is 0. The number of amides is 1. The number of esters is 1. The normalized spacial score (nSPS) is 16.1. The SMILES string of the molecule is COc1cc(-c2nnc(COC(=O)C3CC(=O)N(C(C)C)C3)o2)cc(OC)c1OC. The molecule has 3 rings (SSSR count). The van der Waals surface area contributed by atoms with Gasteiger partial charge in [0.15, 0.2) is 18.1 Å². The summed E-state index contributed by atoms with van der Waals surface area (Å²) in [7, 11) is 4.53. The summed E-state index contributed by atoms with van der Waals surface area (Å²) in [6.07, 6.45) is 0.150. The minimum Gasteiger partial charge on any atom is -0.493 e. The predicted molar refractivity (Wildman–Crippen MR) is 104 cm³/mol. The fourth-order valence-electron chi connectivity index (χ4n) is 3.27. The summed E-state index contributed by atoms with van der Waals surface area (Å²) in [5.74, 6) is 0.682. The van der Waals surface area contributed by atoms with Crippen LogP contribution in [-0.2, 0) is 20.9 Å². The van der Waals surface area contributed by atoms with Crippen molar-refractivity contribution in [1.29, 1.82) is 0 Å².